The third kappa shape index (κ3) is 5.19. The number of anilines is 3. The zero-order valence-electron chi connectivity index (χ0n) is 21.1. The lowest BCUT2D eigenvalue weighted by Crippen LogP contribution is -2.32. The molecule has 3 aromatic rings. The SMILES string of the molecule is C=C(NC1=NC(c2ccccc2C(F)(F)F)Nc2c1cccc2N1CCOC1)c1ccccc1NCCC. The van der Waals surface area contributed by atoms with Gasteiger partial charge in [0, 0.05) is 41.2 Å². The van der Waals surface area contributed by atoms with E-state index in [2.05, 4.69) is 34.4 Å². The molecule has 9 heteroatoms. The van der Waals surface area contributed by atoms with Crippen LogP contribution in [0, 0.1) is 0 Å². The number of halogens is 3. The van der Waals surface area contributed by atoms with E-state index < -0.39 is 17.9 Å². The van der Waals surface area contributed by atoms with Gasteiger partial charge in [0.2, 0.25) is 0 Å². The van der Waals surface area contributed by atoms with Gasteiger partial charge in [0.1, 0.15) is 18.7 Å². The number of ether oxygens (including phenoxy) is 1. The van der Waals surface area contributed by atoms with E-state index in [1.165, 1.54) is 12.1 Å². The largest absolute Gasteiger partial charge is 0.416 e. The minimum Gasteiger partial charge on any atom is -0.385 e. The van der Waals surface area contributed by atoms with Crippen LogP contribution in [0.3, 0.4) is 0 Å². The standard InChI is InChI=1S/C29H30F3N5O/c1-3-15-33-24-13-7-5-9-20(24)19(2)34-28-22-11-8-14-25(37-16-17-38-18-37)26(22)35-27(36-28)21-10-4-6-12-23(21)29(30,31)32/h4-14,27,33,35H,2-3,15-18H2,1H3,(H,34,36). The number of nitrogens with zero attached hydrogens (tertiary/aromatic N) is 2. The van der Waals surface area contributed by atoms with E-state index in [1.807, 2.05) is 42.5 Å². The highest BCUT2D eigenvalue weighted by molar-refractivity contribution is 6.10. The van der Waals surface area contributed by atoms with Crippen LogP contribution >= 0.6 is 0 Å². The highest BCUT2D eigenvalue weighted by Gasteiger charge is 2.37. The summed E-state index contributed by atoms with van der Waals surface area (Å²) in [6.07, 6.45) is -4.52. The summed E-state index contributed by atoms with van der Waals surface area (Å²) in [6, 6.07) is 19.1. The maximum atomic E-state index is 14.0. The minimum absolute atomic E-state index is 0.0491. The smallest absolute Gasteiger partial charge is 0.385 e. The Kier molecular flexibility index (Phi) is 7.28. The molecule has 2 heterocycles. The lowest BCUT2D eigenvalue weighted by atomic mass is 10.0. The average Bonchev–Trinajstić information content (AvgIpc) is 3.46. The predicted octanol–water partition coefficient (Wildman–Crippen LogP) is 6.45. The Morgan fingerprint density at radius 1 is 1.11 bits per heavy atom. The first-order chi connectivity index (χ1) is 18.4. The zero-order valence-corrected chi connectivity index (χ0v) is 21.1. The van der Waals surface area contributed by atoms with Gasteiger partial charge in [-0.15, -0.1) is 0 Å². The molecule has 0 amide bonds. The first kappa shape index (κ1) is 25.7. The summed E-state index contributed by atoms with van der Waals surface area (Å²) in [5.41, 5.74) is 3.99. The Morgan fingerprint density at radius 3 is 2.66 bits per heavy atom. The van der Waals surface area contributed by atoms with E-state index >= 15 is 0 Å². The number of para-hydroxylation sites is 2. The molecule has 0 bridgehead atoms. The van der Waals surface area contributed by atoms with Crippen LogP contribution in [0.15, 0.2) is 78.3 Å². The summed E-state index contributed by atoms with van der Waals surface area (Å²) < 4.78 is 47.4. The van der Waals surface area contributed by atoms with Gasteiger partial charge in [-0.2, -0.15) is 13.2 Å². The molecular formula is C29H30F3N5O. The highest BCUT2D eigenvalue weighted by atomic mass is 19.4. The van der Waals surface area contributed by atoms with Gasteiger partial charge in [0.25, 0.3) is 0 Å². The summed E-state index contributed by atoms with van der Waals surface area (Å²) in [6.45, 7) is 8.82. The van der Waals surface area contributed by atoms with Crippen LogP contribution in [0.5, 0.6) is 0 Å². The topological polar surface area (TPSA) is 60.9 Å². The average molecular weight is 522 g/mol. The van der Waals surface area contributed by atoms with Crippen molar-refractivity contribution >= 4 is 28.6 Å². The lowest BCUT2D eigenvalue weighted by molar-refractivity contribution is -0.138. The van der Waals surface area contributed by atoms with Crippen molar-refractivity contribution in [2.24, 2.45) is 4.99 Å². The molecule has 3 aromatic carbocycles. The first-order valence-corrected chi connectivity index (χ1v) is 12.6. The second-order valence-corrected chi connectivity index (χ2v) is 9.19. The molecule has 0 aliphatic carbocycles. The van der Waals surface area contributed by atoms with Crippen LogP contribution in [0.25, 0.3) is 5.70 Å². The number of aliphatic imine (C=N–C) groups is 1. The Bertz CT molecular complexity index is 1350. The van der Waals surface area contributed by atoms with Crippen molar-refractivity contribution in [2.45, 2.75) is 25.7 Å². The van der Waals surface area contributed by atoms with E-state index in [0.717, 1.165) is 41.5 Å². The number of nitrogens with one attached hydrogen (secondary N) is 3. The van der Waals surface area contributed by atoms with Crippen molar-refractivity contribution in [3.8, 4) is 0 Å². The molecule has 6 nitrogen and oxygen atoms in total. The molecule has 3 N–H and O–H groups in total. The van der Waals surface area contributed by atoms with Gasteiger partial charge in [-0.25, -0.2) is 4.99 Å². The van der Waals surface area contributed by atoms with Crippen LogP contribution in [0.4, 0.5) is 30.2 Å². The molecule has 0 aromatic heterocycles. The second kappa shape index (κ2) is 10.8. The van der Waals surface area contributed by atoms with Crippen LogP contribution in [0.1, 0.15) is 41.8 Å². The van der Waals surface area contributed by atoms with Crippen LogP contribution in [0.2, 0.25) is 0 Å². The quantitative estimate of drug-likeness (QED) is 0.334. The van der Waals surface area contributed by atoms with Gasteiger partial charge < -0.3 is 25.6 Å². The maximum absolute atomic E-state index is 14.0. The van der Waals surface area contributed by atoms with E-state index in [1.54, 1.807) is 6.07 Å². The molecule has 1 unspecified atom stereocenters. The van der Waals surface area contributed by atoms with Gasteiger partial charge in [0.05, 0.1) is 23.5 Å². The Morgan fingerprint density at radius 2 is 1.89 bits per heavy atom. The fourth-order valence-corrected chi connectivity index (χ4v) is 4.74. The summed E-state index contributed by atoms with van der Waals surface area (Å²) in [5, 5.41) is 10.0. The van der Waals surface area contributed by atoms with Crippen molar-refractivity contribution in [3.05, 3.63) is 95.6 Å². The summed E-state index contributed by atoms with van der Waals surface area (Å²) in [4.78, 5) is 6.81. The van der Waals surface area contributed by atoms with E-state index in [0.29, 0.717) is 37.1 Å². The molecule has 0 saturated carbocycles. The third-order valence-electron chi connectivity index (χ3n) is 6.58. The summed E-state index contributed by atoms with van der Waals surface area (Å²) in [7, 11) is 0. The molecule has 5 rings (SSSR count). The maximum Gasteiger partial charge on any atom is 0.416 e. The number of amidine groups is 1. The fourth-order valence-electron chi connectivity index (χ4n) is 4.74. The molecule has 38 heavy (non-hydrogen) atoms. The molecule has 0 spiro atoms. The lowest BCUT2D eigenvalue weighted by Gasteiger charge is -2.32. The van der Waals surface area contributed by atoms with E-state index in [9.17, 15) is 13.2 Å². The van der Waals surface area contributed by atoms with E-state index in [4.69, 9.17) is 9.73 Å². The fraction of sp³-hybridized carbons (Fsp3) is 0.276. The van der Waals surface area contributed by atoms with Crippen molar-refractivity contribution < 1.29 is 17.9 Å². The van der Waals surface area contributed by atoms with Gasteiger partial charge in [-0.05, 0) is 30.7 Å². The van der Waals surface area contributed by atoms with Crippen LogP contribution < -0.4 is 20.9 Å². The molecule has 1 saturated heterocycles. The van der Waals surface area contributed by atoms with Crippen molar-refractivity contribution in [2.75, 3.05) is 42.0 Å². The van der Waals surface area contributed by atoms with Gasteiger partial charge in [-0.1, -0.05) is 56.0 Å². The molecule has 2 aliphatic rings. The molecule has 2 aliphatic heterocycles. The van der Waals surface area contributed by atoms with Crippen molar-refractivity contribution in [1.29, 1.82) is 0 Å². The van der Waals surface area contributed by atoms with Crippen LogP contribution in [-0.2, 0) is 10.9 Å². The number of hydrogen-bond donors (Lipinski definition) is 3. The van der Waals surface area contributed by atoms with Crippen molar-refractivity contribution in [3.63, 3.8) is 0 Å². The highest BCUT2D eigenvalue weighted by Crippen LogP contribution is 2.41. The van der Waals surface area contributed by atoms with Gasteiger partial charge in [0.15, 0.2) is 0 Å². The van der Waals surface area contributed by atoms with Crippen LogP contribution in [-0.4, -0.2) is 32.3 Å². The number of alkyl halides is 3. The second-order valence-electron chi connectivity index (χ2n) is 9.19. The van der Waals surface area contributed by atoms with Gasteiger partial charge >= 0.3 is 6.18 Å². The summed E-state index contributed by atoms with van der Waals surface area (Å²) >= 11 is 0. The summed E-state index contributed by atoms with van der Waals surface area (Å²) in [5.74, 6) is 0.443. The zero-order chi connectivity index (χ0) is 26.7. The first-order valence-electron chi connectivity index (χ1n) is 12.6. The molecule has 198 valence electrons. The predicted molar refractivity (Wildman–Crippen MR) is 146 cm³/mol. The molecule has 0 radical (unpaired) electrons. The normalized spacial score (nSPS) is 16.9. The monoisotopic (exact) mass is 521 g/mol. The van der Waals surface area contributed by atoms with Crippen molar-refractivity contribution in [1.82, 2.24) is 5.32 Å². The minimum atomic E-state index is -4.52. The van der Waals surface area contributed by atoms with Gasteiger partial charge in [-0.3, -0.25) is 0 Å². The van der Waals surface area contributed by atoms with E-state index in [-0.39, 0.29) is 5.56 Å². The third-order valence-corrected chi connectivity index (χ3v) is 6.58. The Hall–Kier alpha value is -3.98. The number of hydrogen-bond acceptors (Lipinski definition) is 6. The number of rotatable bonds is 7. The number of benzene rings is 3. The number of fused-ring (bicyclic) bond motifs is 1. The Labute approximate surface area is 220 Å². The molecule has 1 atom stereocenters. The Balaban J connectivity index is 1.58. The molecular weight excluding hydrogens is 491 g/mol. The molecule has 1 fully saturated rings.